The number of urea groups is 1. The first-order chi connectivity index (χ1) is 19.1. The molecule has 2 aromatic carbocycles. The van der Waals surface area contributed by atoms with Crippen molar-refractivity contribution in [3.8, 4) is 5.75 Å². The highest BCUT2D eigenvalue weighted by Gasteiger charge is 2.34. The van der Waals surface area contributed by atoms with Gasteiger partial charge < -0.3 is 29.3 Å². The van der Waals surface area contributed by atoms with Crippen molar-refractivity contribution in [2.24, 2.45) is 0 Å². The number of hydrogen-bond acceptors (Lipinski definition) is 6. The topological polar surface area (TPSA) is 97.4 Å². The second-order valence-electron chi connectivity index (χ2n) is 10.5. The molecule has 1 aliphatic rings. The maximum absolute atomic E-state index is 13.7. The number of hydrogen-bond donors (Lipinski definition) is 1. The average molecular weight is 600 g/mol. The number of rotatable bonds is 7. The first kappa shape index (κ1) is 32.0. The van der Waals surface area contributed by atoms with Crippen LogP contribution in [0.2, 0.25) is 5.02 Å². The molecule has 2 aromatic rings. The maximum atomic E-state index is 13.7. The number of methoxy groups -OCH3 is 1. The fourth-order valence-corrected chi connectivity index (χ4v) is 4.37. The van der Waals surface area contributed by atoms with E-state index in [1.165, 1.54) is 29.0 Å². The lowest BCUT2D eigenvalue weighted by Gasteiger charge is -2.31. The first-order valence-electron chi connectivity index (χ1n) is 12.8. The van der Waals surface area contributed by atoms with Crippen molar-refractivity contribution in [2.75, 3.05) is 31.8 Å². The standard InChI is InChI=1S/C28H33ClF3N3O6/c1-17-13-35(24(36)20-11-10-19(12-21(20)29)40-16-28(30,31)32)23-9-7-6-8-18(23)14-34(17)26(38)33-22(25(37)39-5)15-41-27(2,3)4/h6-12,17,22H,13-16H2,1-5H3,(H,33,38)/t17-,22-/m1/s1. The summed E-state index contributed by atoms with van der Waals surface area (Å²) in [5.74, 6) is -1.31. The van der Waals surface area contributed by atoms with E-state index in [4.69, 9.17) is 25.8 Å². The van der Waals surface area contributed by atoms with Gasteiger partial charge >= 0.3 is 18.2 Å². The second-order valence-corrected chi connectivity index (χ2v) is 10.9. The molecule has 0 saturated carbocycles. The molecule has 0 aliphatic carbocycles. The number of fused-ring (bicyclic) bond motifs is 1. The summed E-state index contributed by atoms with van der Waals surface area (Å²) in [7, 11) is 1.22. The molecular weight excluding hydrogens is 567 g/mol. The van der Waals surface area contributed by atoms with Crippen LogP contribution in [0.25, 0.3) is 0 Å². The molecule has 0 radical (unpaired) electrons. The minimum atomic E-state index is -4.53. The number of benzene rings is 2. The number of amides is 3. The number of alkyl halides is 3. The van der Waals surface area contributed by atoms with E-state index in [1.807, 2.05) is 20.8 Å². The number of nitrogens with one attached hydrogen (secondary N) is 1. The Kier molecular flexibility index (Phi) is 10.1. The summed E-state index contributed by atoms with van der Waals surface area (Å²) in [5, 5.41) is 2.60. The smallest absolute Gasteiger partial charge is 0.422 e. The molecule has 1 N–H and O–H groups in total. The molecular formula is C28H33ClF3N3O6. The Bertz CT molecular complexity index is 1270. The largest absolute Gasteiger partial charge is 0.484 e. The van der Waals surface area contributed by atoms with Crippen LogP contribution in [0.4, 0.5) is 23.7 Å². The van der Waals surface area contributed by atoms with Gasteiger partial charge in [-0.2, -0.15) is 13.2 Å². The molecule has 3 rings (SSSR count). The summed E-state index contributed by atoms with van der Waals surface area (Å²) in [6.07, 6.45) is -4.53. The summed E-state index contributed by atoms with van der Waals surface area (Å²) in [6.45, 7) is 5.79. The van der Waals surface area contributed by atoms with E-state index in [9.17, 15) is 27.6 Å². The Labute approximate surface area is 241 Å². The highest BCUT2D eigenvalue weighted by molar-refractivity contribution is 6.34. The number of carbonyl (C=O) groups is 3. The van der Waals surface area contributed by atoms with Gasteiger partial charge in [0, 0.05) is 24.8 Å². The van der Waals surface area contributed by atoms with E-state index in [1.54, 1.807) is 31.2 Å². The van der Waals surface area contributed by atoms with E-state index in [-0.39, 0.29) is 36.0 Å². The van der Waals surface area contributed by atoms with Crippen molar-refractivity contribution in [1.82, 2.24) is 10.2 Å². The van der Waals surface area contributed by atoms with Crippen molar-refractivity contribution in [3.05, 3.63) is 58.6 Å². The van der Waals surface area contributed by atoms with Crippen LogP contribution >= 0.6 is 11.6 Å². The van der Waals surface area contributed by atoms with Crippen LogP contribution in [-0.4, -0.2) is 73.5 Å². The predicted octanol–water partition coefficient (Wildman–Crippen LogP) is 5.20. The van der Waals surface area contributed by atoms with Gasteiger partial charge in [0.25, 0.3) is 5.91 Å². The summed E-state index contributed by atoms with van der Waals surface area (Å²) >= 11 is 6.30. The van der Waals surface area contributed by atoms with Gasteiger partial charge in [0.15, 0.2) is 12.6 Å². The Morgan fingerprint density at radius 3 is 2.41 bits per heavy atom. The lowest BCUT2D eigenvalue weighted by Crippen LogP contribution is -2.54. The maximum Gasteiger partial charge on any atom is 0.422 e. The third kappa shape index (κ3) is 8.74. The summed E-state index contributed by atoms with van der Waals surface area (Å²) in [4.78, 5) is 42.5. The second kappa shape index (κ2) is 13.0. The van der Waals surface area contributed by atoms with E-state index >= 15 is 0 Å². The number of carbonyl (C=O) groups excluding carboxylic acids is 3. The zero-order valence-corrected chi connectivity index (χ0v) is 24.1. The third-order valence-electron chi connectivity index (χ3n) is 6.15. The molecule has 41 heavy (non-hydrogen) atoms. The highest BCUT2D eigenvalue weighted by Crippen LogP contribution is 2.31. The van der Waals surface area contributed by atoms with E-state index in [0.717, 1.165) is 6.07 Å². The van der Waals surface area contributed by atoms with Gasteiger partial charge in [0.1, 0.15) is 5.75 Å². The molecule has 0 saturated heterocycles. The zero-order chi connectivity index (χ0) is 30.5. The molecule has 3 amide bonds. The molecule has 9 nitrogen and oxygen atoms in total. The van der Waals surface area contributed by atoms with Crippen molar-refractivity contribution in [3.63, 3.8) is 0 Å². The molecule has 0 aromatic heterocycles. The highest BCUT2D eigenvalue weighted by atomic mass is 35.5. The Morgan fingerprint density at radius 2 is 1.80 bits per heavy atom. The van der Waals surface area contributed by atoms with Gasteiger partial charge in [-0.1, -0.05) is 29.8 Å². The van der Waals surface area contributed by atoms with Crippen LogP contribution in [0.3, 0.4) is 0 Å². The predicted molar refractivity (Wildman–Crippen MR) is 146 cm³/mol. The van der Waals surface area contributed by atoms with Crippen LogP contribution in [0.15, 0.2) is 42.5 Å². The zero-order valence-electron chi connectivity index (χ0n) is 23.4. The molecule has 2 atom stereocenters. The molecule has 1 heterocycles. The van der Waals surface area contributed by atoms with Gasteiger partial charge in [-0.25, -0.2) is 9.59 Å². The van der Waals surface area contributed by atoms with E-state index in [0.29, 0.717) is 11.3 Å². The molecule has 13 heteroatoms. The number of para-hydroxylation sites is 1. The quantitative estimate of drug-likeness (QED) is 0.440. The molecule has 0 spiro atoms. The minimum absolute atomic E-state index is 0.0519. The van der Waals surface area contributed by atoms with Crippen LogP contribution in [0.1, 0.15) is 43.6 Å². The molecule has 0 fully saturated rings. The number of halogens is 4. The molecule has 1 aliphatic heterocycles. The van der Waals surface area contributed by atoms with Crippen molar-refractivity contribution in [2.45, 2.75) is 58.1 Å². The van der Waals surface area contributed by atoms with Crippen LogP contribution in [0.5, 0.6) is 5.75 Å². The Morgan fingerprint density at radius 1 is 1.12 bits per heavy atom. The number of ether oxygens (including phenoxy) is 3. The van der Waals surface area contributed by atoms with E-state index < -0.39 is 48.4 Å². The minimum Gasteiger partial charge on any atom is -0.484 e. The first-order valence-corrected chi connectivity index (χ1v) is 13.1. The molecule has 0 unspecified atom stereocenters. The lowest BCUT2D eigenvalue weighted by molar-refractivity contribution is -0.153. The normalized spacial score (nSPS) is 16.4. The van der Waals surface area contributed by atoms with Crippen LogP contribution in [0, 0.1) is 0 Å². The number of esters is 1. The fourth-order valence-electron chi connectivity index (χ4n) is 4.12. The van der Waals surface area contributed by atoms with Gasteiger partial charge in [-0.05, 0) is 57.5 Å². The monoisotopic (exact) mass is 599 g/mol. The van der Waals surface area contributed by atoms with Gasteiger partial charge in [0.2, 0.25) is 0 Å². The third-order valence-corrected chi connectivity index (χ3v) is 6.46. The summed E-state index contributed by atoms with van der Waals surface area (Å²) in [5.41, 5.74) is 0.684. The van der Waals surface area contributed by atoms with Crippen molar-refractivity contribution in [1.29, 1.82) is 0 Å². The lowest BCUT2D eigenvalue weighted by atomic mass is 10.1. The average Bonchev–Trinajstić information content (AvgIpc) is 3.04. The summed E-state index contributed by atoms with van der Waals surface area (Å²) < 4.78 is 52.9. The van der Waals surface area contributed by atoms with Gasteiger partial charge in [-0.15, -0.1) is 0 Å². The van der Waals surface area contributed by atoms with Gasteiger partial charge in [-0.3, -0.25) is 4.79 Å². The molecule has 224 valence electrons. The van der Waals surface area contributed by atoms with Crippen LogP contribution in [-0.2, 0) is 20.8 Å². The molecule has 0 bridgehead atoms. The van der Waals surface area contributed by atoms with Gasteiger partial charge in [0.05, 0.1) is 29.9 Å². The Hall–Kier alpha value is -3.51. The Balaban J connectivity index is 1.85. The van der Waals surface area contributed by atoms with Crippen LogP contribution < -0.4 is 15.0 Å². The fraction of sp³-hybridized carbons (Fsp3) is 0.464. The van der Waals surface area contributed by atoms with Crippen molar-refractivity contribution >= 4 is 35.2 Å². The number of nitrogens with zero attached hydrogens (tertiary/aromatic N) is 2. The summed E-state index contributed by atoms with van der Waals surface area (Å²) in [6, 6.07) is 8.55. The van der Waals surface area contributed by atoms with E-state index in [2.05, 4.69) is 5.32 Å². The van der Waals surface area contributed by atoms with Crippen molar-refractivity contribution < 1.29 is 41.8 Å². The number of anilines is 1. The SMILES string of the molecule is COC(=O)[C@@H](COC(C)(C)C)NC(=O)N1Cc2ccccc2N(C(=O)c2ccc(OCC(F)(F)F)cc2Cl)C[C@H]1C.